The molecule has 14 heavy (non-hydrogen) atoms. The summed E-state index contributed by atoms with van der Waals surface area (Å²) in [6.45, 7) is 2.73. The first kappa shape index (κ1) is 11.2. The van der Waals surface area contributed by atoms with Crippen LogP contribution in [0.25, 0.3) is 0 Å². The predicted octanol–water partition coefficient (Wildman–Crippen LogP) is 2.11. The van der Waals surface area contributed by atoms with E-state index in [4.69, 9.17) is 10.5 Å². The molecule has 0 fully saturated rings. The van der Waals surface area contributed by atoms with Crippen LogP contribution in [0.1, 0.15) is 24.5 Å². The minimum atomic E-state index is 0.286. The quantitative estimate of drug-likeness (QED) is 0.777. The zero-order valence-electron chi connectivity index (χ0n) is 8.99. The standard InChI is InChI=1S/C12H19NO/c1-10(13)3-4-11-5-7-12(8-6-11)9-14-2/h5-8,10H,3-4,9,13H2,1-2H3/t10-/m0/s1. The van der Waals surface area contributed by atoms with Gasteiger partial charge in [-0.2, -0.15) is 0 Å². The lowest BCUT2D eigenvalue weighted by atomic mass is 10.1. The maximum absolute atomic E-state index is 5.70. The van der Waals surface area contributed by atoms with Gasteiger partial charge >= 0.3 is 0 Å². The highest BCUT2D eigenvalue weighted by atomic mass is 16.5. The number of methoxy groups -OCH3 is 1. The van der Waals surface area contributed by atoms with Gasteiger partial charge in [-0.15, -0.1) is 0 Å². The predicted molar refractivity (Wildman–Crippen MR) is 59.1 cm³/mol. The highest BCUT2D eigenvalue weighted by molar-refractivity contribution is 5.22. The minimum Gasteiger partial charge on any atom is -0.380 e. The maximum atomic E-state index is 5.70. The van der Waals surface area contributed by atoms with Crippen LogP contribution >= 0.6 is 0 Å². The van der Waals surface area contributed by atoms with E-state index < -0.39 is 0 Å². The summed E-state index contributed by atoms with van der Waals surface area (Å²) in [7, 11) is 1.71. The summed E-state index contributed by atoms with van der Waals surface area (Å²) < 4.78 is 5.05. The minimum absolute atomic E-state index is 0.286. The second-order valence-corrected chi connectivity index (χ2v) is 3.77. The van der Waals surface area contributed by atoms with Crippen molar-refractivity contribution in [3.8, 4) is 0 Å². The summed E-state index contributed by atoms with van der Waals surface area (Å²) in [6.07, 6.45) is 2.11. The molecule has 0 amide bonds. The van der Waals surface area contributed by atoms with E-state index in [1.165, 1.54) is 11.1 Å². The zero-order valence-corrected chi connectivity index (χ0v) is 8.99. The van der Waals surface area contributed by atoms with Crippen molar-refractivity contribution in [2.45, 2.75) is 32.4 Å². The molecule has 0 spiro atoms. The molecule has 0 saturated carbocycles. The molecule has 2 N–H and O–H groups in total. The Morgan fingerprint density at radius 1 is 1.21 bits per heavy atom. The van der Waals surface area contributed by atoms with E-state index in [0.717, 1.165) is 12.8 Å². The monoisotopic (exact) mass is 193 g/mol. The molecule has 0 radical (unpaired) electrons. The number of hydrogen-bond donors (Lipinski definition) is 1. The topological polar surface area (TPSA) is 35.2 Å². The Labute approximate surface area is 86.1 Å². The molecule has 0 aliphatic rings. The first-order valence-electron chi connectivity index (χ1n) is 5.04. The van der Waals surface area contributed by atoms with Crippen LogP contribution in [0.5, 0.6) is 0 Å². The second-order valence-electron chi connectivity index (χ2n) is 3.77. The zero-order chi connectivity index (χ0) is 10.4. The van der Waals surface area contributed by atoms with Gasteiger partial charge in [0.25, 0.3) is 0 Å². The Hall–Kier alpha value is -0.860. The van der Waals surface area contributed by atoms with Crippen molar-refractivity contribution in [1.29, 1.82) is 0 Å². The van der Waals surface area contributed by atoms with Gasteiger partial charge in [0, 0.05) is 13.2 Å². The number of rotatable bonds is 5. The summed E-state index contributed by atoms with van der Waals surface area (Å²) in [6, 6.07) is 8.81. The fraction of sp³-hybridized carbons (Fsp3) is 0.500. The van der Waals surface area contributed by atoms with Crippen LogP contribution < -0.4 is 5.73 Å². The Morgan fingerprint density at radius 2 is 1.79 bits per heavy atom. The number of hydrogen-bond acceptors (Lipinski definition) is 2. The van der Waals surface area contributed by atoms with Gasteiger partial charge in [0.05, 0.1) is 6.61 Å². The van der Waals surface area contributed by atoms with E-state index >= 15 is 0 Å². The Bertz CT molecular complexity index is 254. The molecule has 0 bridgehead atoms. The van der Waals surface area contributed by atoms with E-state index in [9.17, 15) is 0 Å². The van der Waals surface area contributed by atoms with Crippen LogP contribution in [-0.2, 0) is 17.8 Å². The third-order valence-electron chi connectivity index (χ3n) is 2.22. The molecule has 2 heteroatoms. The Kier molecular flexibility index (Phi) is 4.63. The highest BCUT2D eigenvalue weighted by Gasteiger charge is 1.97. The van der Waals surface area contributed by atoms with Crippen LogP contribution in [-0.4, -0.2) is 13.2 Å². The van der Waals surface area contributed by atoms with Crippen molar-refractivity contribution < 1.29 is 4.74 Å². The van der Waals surface area contributed by atoms with Crippen LogP contribution in [0.2, 0.25) is 0 Å². The first-order valence-corrected chi connectivity index (χ1v) is 5.04. The summed E-state index contributed by atoms with van der Waals surface area (Å²) in [4.78, 5) is 0. The molecule has 78 valence electrons. The van der Waals surface area contributed by atoms with Crippen LogP contribution in [0.15, 0.2) is 24.3 Å². The van der Waals surface area contributed by atoms with Gasteiger partial charge in [0.15, 0.2) is 0 Å². The fourth-order valence-corrected chi connectivity index (χ4v) is 1.36. The largest absolute Gasteiger partial charge is 0.380 e. The Morgan fingerprint density at radius 3 is 2.29 bits per heavy atom. The number of nitrogens with two attached hydrogens (primary N) is 1. The second kappa shape index (κ2) is 5.78. The van der Waals surface area contributed by atoms with Gasteiger partial charge in [-0.1, -0.05) is 24.3 Å². The normalized spacial score (nSPS) is 12.8. The van der Waals surface area contributed by atoms with Gasteiger partial charge in [-0.3, -0.25) is 0 Å². The third-order valence-corrected chi connectivity index (χ3v) is 2.22. The molecular formula is C12H19NO. The van der Waals surface area contributed by atoms with Gasteiger partial charge < -0.3 is 10.5 Å². The molecule has 0 aliphatic carbocycles. The lowest BCUT2D eigenvalue weighted by Crippen LogP contribution is -2.15. The van der Waals surface area contributed by atoms with E-state index in [1.54, 1.807) is 7.11 Å². The average molecular weight is 193 g/mol. The maximum Gasteiger partial charge on any atom is 0.0713 e. The summed E-state index contributed by atoms with van der Waals surface area (Å²) in [5.74, 6) is 0. The number of aryl methyl sites for hydroxylation is 1. The van der Waals surface area contributed by atoms with Crippen LogP contribution in [0.3, 0.4) is 0 Å². The molecule has 1 aromatic carbocycles. The molecule has 0 aromatic heterocycles. The molecule has 1 aromatic rings. The average Bonchev–Trinajstić information content (AvgIpc) is 2.17. The van der Waals surface area contributed by atoms with Crippen LogP contribution in [0.4, 0.5) is 0 Å². The van der Waals surface area contributed by atoms with Crippen molar-refractivity contribution in [2.24, 2.45) is 5.73 Å². The molecular weight excluding hydrogens is 174 g/mol. The highest BCUT2D eigenvalue weighted by Crippen LogP contribution is 2.08. The molecule has 0 aliphatic heterocycles. The van der Waals surface area contributed by atoms with Gasteiger partial charge in [-0.25, -0.2) is 0 Å². The van der Waals surface area contributed by atoms with E-state index in [1.807, 2.05) is 6.92 Å². The molecule has 1 rings (SSSR count). The van der Waals surface area contributed by atoms with Gasteiger partial charge in [-0.05, 0) is 30.9 Å². The van der Waals surface area contributed by atoms with Crippen molar-refractivity contribution in [3.05, 3.63) is 35.4 Å². The lowest BCUT2D eigenvalue weighted by molar-refractivity contribution is 0.185. The first-order chi connectivity index (χ1) is 6.72. The van der Waals surface area contributed by atoms with Gasteiger partial charge in [0.2, 0.25) is 0 Å². The third kappa shape index (κ3) is 3.90. The smallest absolute Gasteiger partial charge is 0.0713 e. The number of benzene rings is 1. The van der Waals surface area contributed by atoms with Crippen molar-refractivity contribution in [2.75, 3.05) is 7.11 Å². The number of ether oxygens (including phenoxy) is 1. The molecule has 0 saturated heterocycles. The molecule has 0 unspecified atom stereocenters. The SMILES string of the molecule is COCc1ccc(CC[C@H](C)N)cc1. The van der Waals surface area contributed by atoms with E-state index in [0.29, 0.717) is 6.61 Å². The molecule has 0 heterocycles. The Balaban J connectivity index is 2.46. The van der Waals surface area contributed by atoms with Crippen molar-refractivity contribution >= 4 is 0 Å². The van der Waals surface area contributed by atoms with Crippen LogP contribution in [0, 0.1) is 0 Å². The molecule has 2 nitrogen and oxygen atoms in total. The summed E-state index contributed by atoms with van der Waals surface area (Å²) >= 11 is 0. The molecule has 1 atom stereocenters. The lowest BCUT2D eigenvalue weighted by Gasteiger charge is -2.05. The van der Waals surface area contributed by atoms with E-state index in [-0.39, 0.29) is 6.04 Å². The summed E-state index contributed by atoms with van der Waals surface area (Å²) in [5, 5.41) is 0. The summed E-state index contributed by atoms with van der Waals surface area (Å²) in [5.41, 5.74) is 8.27. The van der Waals surface area contributed by atoms with E-state index in [2.05, 4.69) is 24.3 Å². The fourth-order valence-electron chi connectivity index (χ4n) is 1.36. The van der Waals surface area contributed by atoms with Gasteiger partial charge in [0.1, 0.15) is 0 Å². The van der Waals surface area contributed by atoms with Crippen molar-refractivity contribution in [3.63, 3.8) is 0 Å². The van der Waals surface area contributed by atoms with Crippen molar-refractivity contribution in [1.82, 2.24) is 0 Å².